The van der Waals surface area contributed by atoms with Crippen molar-refractivity contribution in [1.82, 2.24) is 24.6 Å². The van der Waals surface area contributed by atoms with Gasteiger partial charge in [-0.15, -0.1) is 10.2 Å². The smallest absolute Gasteiger partial charge is 0.147 e. The standard InChI is InChI=1S/C14H24N6/c1-11-6-14(8-15,9-20(11)12-2-3-12)19-5-4-18-10-16-17-13(18)7-19/h10-12H,2-9,15H2,1H3. The third-order valence-electron chi connectivity index (χ3n) is 5.42. The number of hydrogen-bond donors (Lipinski definition) is 1. The van der Waals surface area contributed by atoms with Gasteiger partial charge in [0.2, 0.25) is 0 Å². The van der Waals surface area contributed by atoms with Crippen LogP contribution >= 0.6 is 0 Å². The molecule has 1 aromatic rings. The Morgan fingerprint density at radius 1 is 1.40 bits per heavy atom. The third kappa shape index (κ3) is 1.89. The number of fused-ring (bicyclic) bond motifs is 1. The molecule has 3 heterocycles. The average molecular weight is 276 g/mol. The highest BCUT2D eigenvalue weighted by Gasteiger charge is 2.49. The van der Waals surface area contributed by atoms with Crippen LogP contribution in [0, 0.1) is 0 Å². The Labute approximate surface area is 119 Å². The fraction of sp³-hybridized carbons (Fsp3) is 0.857. The highest BCUT2D eigenvalue weighted by atomic mass is 15.4. The van der Waals surface area contributed by atoms with Crippen molar-refractivity contribution >= 4 is 0 Å². The lowest BCUT2D eigenvalue weighted by Crippen LogP contribution is -2.57. The predicted octanol–water partition coefficient (Wildman–Crippen LogP) is 0.0478. The van der Waals surface area contributed by atoms with Gasteiger partial charge < -0.3 is 10.3 Å². The van der Waals surface area contributed by atoms with Crippen LogP contribution in [0.3, 0.4) is 0 Å². The number of likely N-dealkylation sites (tertiary alicyclic amines) is 1. The van der Waals surface area contributed by atoms with Gasteiger partial charge in [-0.2, -0.15) is 0 Å². The van der Waals surface area contributed by atoms with Gasteiger partial charge in [0.25, 0.3) is 0 Å². The van der Waals surface area contributed by atoms with E-state index in [0.717, 1.165) is 44.6 Å². The first-order chi connectivity index (χ1) is 9.72. The Hall–Kier alpha value is -0.980. The molecule has 1 aromatic heterocycles. The minimum Gasteiger partial charge on any atom is -0.329 e. The van der Waals surface area contributed by atoms with E-state index >= 15 is 0 Å². The summed E-state index contributed by atoms with van der Waals surface area (Å²) >= 11 is 0. The molecule has 1 saturated carbocycles. The number of rotatable bonds is 3. The maximum atomic E-state index is 6.23. The van der Waals surface area contributed by atoms with Crippen molar-refractivity contribution in [1.29, 1.82) is 0 Å². The molecule has 0 radical (unpaired) electrons. The van der Waals surface area contributed by atoms with Crippen molar-refractivity contribution in [3.63, 3.8) is 0 Å². The topological polar surface area (TPSA) is 63.2 Å². The molecule has 2 unspecified atom stereocenters. The molecule has 2 atom stereocenters. The molecule has 6 heteroatoms. The summed E-state index contributed by atoms with van der Waals surface area (Å²) < 4.78 is 2.16. The van der Waals surface area contributed by atoms with Crippen molar-refractivity contribution in [2.75, 3.05) is 19.6 Å². The molecule has 3 aliphatic rings. The van der Waals surface area contributed by atoms with E-state index in [1.54, 1.807) is 0 Å². The third-order valence-corrected chi connectivity index (χ3v) is 5.42. The van der Waals surface area contributed by atoms with Gasteiger partial charge in [0.05, 0.1) is 6.54 Å². The van der Waals surface area contributed by atoms with E-state index in [0.29, 0.717) is 6.04 Å². The van der Waals surface area contributed by atoms with Crippen molar-refractivity contribution in [2.24, 2.45) is 5.73 Å². The van der Waals surface area contributed by atoms with E-state index in [1.165, 1.54) is 19.3 Å². The summed E-state index contributed by atoms with van der Waals surface area (Å²) in [6.07, 6.45) is 5.78. The number of nitrogens with two attached hydrogens (primary N) is 1. The lowest BCUT2D eigenvalue weighted by atomic mass is 9.93. The first-order valence-corrected chi connectivity index (χ1v) is 7.79. The van der Waals surface area contributed by atoms with Gasteiger partial charge in [0.1, 0.15) is 12.2 Å². The summed E-state index contributed by atoms with van der Waals surface area (Å²) in [6.45, 7) is 7.18. The lowest BCUT2D eigenvalue weighted by Gasteiger charge is -2.42. The van der Waals surface area contributed by atoms with Crippen LogP contribution in [0.4, 0.5) is 0 Å². The Morgan fingerprint density at radius 2 is 2.25 bits per heavy atom. The van der Waals surface area contributed by atoms with Gasteiger partial charge in [-0.3, -0.25) is 9.80 Å². The summed E-state index contributed by atoms with van der Waals surface area (Å²) in [7, 11) is 0. The molecular weight excluding hydrogens is 252 g/mol. The quantitative estimate of drug-likeness (QED) is 0.845. The minimum atomic E-state index is 0.138. The molecule has 2 aliphatic heterocycles. The first kappa shape index (κ1) is 12.7. The number of nitrogens with zero attached hydrogens (tertiary/aromatic N) is 5. The van der Waals surface area contributed by atoms with E-state index < -0.39 is 0 Å². The second-order valence-electron chi connectivity index (χ2n) is 6.75. The van der Waals surface area contributed by atoms with Crippen LogP contribution in [-0.2, 0) is 13.1 Å². The molecule has 110 valence electrons. The van der Waals surface area contributed by atoms with Crippen LogP contribution in [-0.4, -0.2) is 61.8 Å². The van der Waals surface area contributed by atoms with Crippen LogP contribution in [0.2, 0.25) is 0 Å². The molecule has 2 N–H and O–H groups in total. The van der Waals surface area contributed by atoms with Crippen molar-refractivity contribution in [3.05, 3.63) is 12.2 Å². The molecule has 0 spiro atoms. The predicted molar refractivity (Wildman–Crippen MR) is 76.0 cm³/mol. The zero-order chi connectivity index (χ0) is 13.7. The monoisotopic (exact) mass is 276 g/mol. The fourth-order valence-corrected chi connectivity index (χ4v) is 4.10. The molecule has 6 nitrogen and oxygen atoms in total. The lowest BCUT2D eigenvalue weighted by molar-refractivity contribution is 0.0676. The molecule has 2 fully saturated rings. The molecule has 4 rings (SSSR count). The molecule has 1 saturated heterocycles. The van der Waals surface area contributed by atoms with E-state index in [1.807, 2.05) is 6.33 Å². The van der Waals surface area contributed by atoms with Gasteiger partial charge >= 0.3 is 0 Å². The summed E-state index contributed by atoms with van der Waals surface area (Å²) in [5.74, 6) is 1.08. The molecule has 0 amide bonds. The second kappa shape index (κ2) is 4.51. The molecule has 0 bridgehead atoms. The Bertz CT molecular complexity index is 496. The number of hydrogen-bond acceptors (Lipinski definition) is 5. The van der Waals surface area contributed by atoms with Crippen molar-refractivity contribution < 1.29 is 0 Å². The molecular formula is C14H24N6. The molecule has 20 heavy (non-hydrogen) atoms. The minimum absolute atomic E-state index is 0.138. The van der Waals surface area contributed by atoms with Gasteiger partial charge in [0, 0.05) is 43.8 Å². The van der Waals surface area contributed by atoms with E-state index in [-0.39, 0.29) is 5.54 Å². The van der Waals surface area contributed by atoms with Crippen LogP contribution in [0.5, 0.6) is 0 Å². The van der Waals surface area contributed by atoms with Crippen molar-refractivity contribution in [3.8, 4) is 0 Å². The summed E-state index contributed by atoms with van der Waals surface area (Å²) in [5, 5.41) is 8.27. The van der Waals surface area contributed by atoms with Crippen LogP contribution in [0.15, 0.2) is 6.33 Å². The number of aromatic nitrogens is 3. The van der Waals surface area contributed by atoms with Gasteiger partial charge in [-0.1, -0.05) is 0 Å². The average Bonchev–Trinajstić information content (AvgIpc) is 3.09. The largest absolute Gasteiger partial charge is 0.329 e. The summed E-state index contributed by atoms with van der Waals surface area (Å²) in [4.78, 5) is 5.25. The fourth-order valence-electron chi connectivity index (χ4n) is 4.10. The van der Waals surface area contributed by atoms with Gasteiger partial charge in [-0.05, 0) is 26.2 Å². The summed E-state index contributed by atoms with van der Waals surface area (Å²) in [6, 6.07) is 1.48. The first-order valence-electron chi connectivity index (χ1n) is 7.79. The van der Waals surface area contributed by atoms with Crippen LogP contribution in [0.1, 0.15) is 32.0 Å². The summed E-state index contributed by atoms with van der Waals surface area (Å²) in [5.41, 5.74) is 6.37. The highest BCUT2D eigenvalue weighted by Crippen LogP contribution is 2.40. The highest BCUT2D eigenvalue weighted by molar-refractivity contribution is 5.08. The van der Waals surface area contributed by atoms with E-state index in [2.05, 4.69) is 31.5 Å². The van der Waals surface area contributed by atoms with Gasteiger partial charge in [-0.25, -0.2) is 0 Å². The zero-order valence-corrected chi connectivity index (χ0v) is 12.2. The van der Waals surface area contributed by atoms with E-state index in [9.17, 15) is 0 Å². The maximum Gasteiger partial charge on any atom is 0.147 e. The van der Waals surface area contributed by atoms with Crippen LogP contribution < -0.4 is 5.73 Å². The van der Waals surface area contributed by atoms with Crippen molar-refractivity contribution in [2.45, 2.75) is 56.9 Å². The SMILES string of the molecule is CC1CC(CN)(N2CCn3cnnc3C2)CN1C1CC1. The van der Waals surface area contributed by atoms with Gasteiger partial charge in [0.15, 0.2) is 0 Å². The van der Waals surface area contributed by atoms with E-state index in [4.69, 9.17) is 5.73 Å². The molecule has 0 aromatic carbocycles. The zero-order valence-electron chi connectivity index (χ0n) is 12.2. The normalized spacial score (nSPS) is 35.4. The Balaban J connectivity index is 1.56. The second-order valence-corrected chi connectivity index (χ2v) is 6.75. The molecule has 1 aliphatic carbocycles. The van der Waals surface area contributed by atoms with Crippen LogP contribution in [0.25, 0.3) is 0 Å². The maximum absolute atomic E-state index is 6.23. The Morgan fingerprint density at radius 3 is 3.00 bits per heavy atom. The Kier molecular flexibility index (Phi) is 2.87.